The topological polar surface area (TPSA) is 95.0 Å². The number of carbonyl (C=O) groups is 3. The fourth-order valence-electron chi connectivity index (χ4n) is 2.17. The van der Waals surface area contributed by atoms with Gasteiger partial charge in [0.2, 0.25) is 0 Å². The number of rotatable bonds is 8. The standard InChI is InChI=1S/C18H19ClN2O6S/c1-11-17(18(24)21(8-15(22)25-2)9-16(23)26-3)28-14(20-11)10-27-13-6-4-12(19)5-7-13/h4-7H,8-10H2,1-3H3. The highest BCUT2D eigenvalue weighted by Gasteiger charge is 2.26. The number of aromatic nitrogens is 1. The molecule has 1 aromatic heterocycles. The fraction of sp³-hybridized carbons (Fsp3) is 0.333. The molecule has 0 aliphatic heterocycles. The van der Waals surface area contributed by atoms with Gasteiger partial charge in [0, 0.05) is 5.02 Å². The second kappa shape index (κ2) is 10.0. The number of nitrogens with zero attached hydrogens (tertiary/aromatic N) is 2. The van der Waals surface area contributed by atoms with Crippen LogP contribution >= 0.6 is 22.9 Å². The van der Waals surface area contributed by atoms with Crippen molar-refractivity contribution in [2.75, 3.05) is 27.3 Å². The smallest absolute Gasteiger partial charge is 0.325 e. The molecule has 2 aromatic rings. The third kappa shape index (κ3) is 5.93. The first-order valence-corrected chi connectivity index (χ1v) is 9.31. The maximum absolute atomic E-state index is 12.8. The van der Waals surface area contributed by atoms with E-state index in [0.717, 1.165) is 16.2 Å². The summed E-state index contributed by atoms with van der Waals surface area (Å²) < 4.78 is 14.8. The van der Waals surface area contributed by atoms with Crippen LogP contribution in [0.2, 0.25) is 5.02 Å². The molecule has 0 saturated carbocycles. The number of carbonyl (C=O) groups excluding carboxylic acids is 3. The molecule has 0 radical (unpaired) electrons. The molecule has 2 rings (SSSR count). The van der Waals surface area contributed by atoms with Crippen molar-refractivity contribution < 1.29 is 28.6 Å². The lowest BCUT2D eigenvalue weighted by Gasteiger charge is -2.19. The first kappa shape index (κ1) is 21.6. The van der Waals surface area contributed by atoms with Crippen molar-refractivity contribution in [3.63, 3.8) is 0 Å². The Kier molecular flexibility index (Phi) is 7.77. The van der Waals surface area contributed by atoms with Crippen LogP contribution in [-0.2, 0) is 25.7 Å². The van der Waals surface area contributed by atoms with Crippen molar-refractivity contribution in [1.82, 2.24) is 9.88 Å². The first-order valence-electron chi connectivity index (χ1n) is 8.11. The molecule has 0 aliphatic rings. The van der Waals surface area contributed by atoms with Crippen LogP contribution in [0.5, 0.6) is 5.75 Å². The highest BCUT2D eigenvalue weighted by atomic mass is 35.5. The lowest BCUT2D eigenvalue weighted by molar-refractivity contribution is -0.144. The minimum Gasteiger partial charge on any atom is -0.486 e. The minimum absolute atomic E-state index is 0.161. The third-order valence-electron chi connectivity index (χ3n) is 3.59. The summed E-state index contributed by atoms with van der Waals surface area (Å²) in [5, 5.41) is 1.17. The van der Waals surface area contributed by atoms with Gasteiger partial charge >= 0.3 is 11.9 Å². The Morgan fingerprint density at radius 2 is 1.64 bits per heavy atom. The number of hydrogen-bond acceptors (Lipinski definition) is 8. The van der Waals surface area contributed by atoms with E-state index in [0.29, 0.717) is 26.4 Å². The maximum atomic E-state index is 12.8. The highest BCUT2D eigenvalue weighted by molar-refractivity contribution is 7.13. The van der Waals surface area contributed by atoms with E-state index in [1.165, 1.54) is 14.2 Å². The molecule has 0 atom stereocenters. The van der Waals surface area contributed by atoms with Gasteiger partial charge in [-0.3, -0.25) is 14.4 Å². The van der Waals surface area contributed by atoms with Gasteiger partial charge in [-0.15, -0.1) is 11.3 Å². The molecule has 10 heteroatoms. The van der Waals surface area contributed by atoms with E-state index in [1.807, 2.05) is 0 Å². The van der Waals surface area contributed by atoms with Crippen LogP contribution in [0, 0.1) is 6.92 Å². The summed E-state index contributed by atoms with van der Waals surface area (Å²) in [7, 11) is 2.40. The van der Waals surface area contributed by atoms with Crippen LogP contribution in [0.4, 0.5) is 0 Å². The van der Waals surface area contributed by atoms with E-state index in [9.17, 15) is 14.4 Å². The van der Waals surface area contributed by atoms with E-state index in [-0.39, 0.29) is 19.7 Å². The zero-order valence-electron chi connectivity index (χ0n) is 15.6. The predicted molar refractivity (Wildman–Crippen MR) is 103 cm³/mol. The minimum atomic E-state index is -0.647. The Hall–Kier alpha value is -2.65. The lowest BCUT2D eigenvalue weighted by atomic mass is 10.3. The van der Waals surface area contributed by atoms with Gasteiger partial charge in [-0.05, 0) is 31.2 Å². The average Bonchev–Trinajstić information content (AvgIpc) is 3.06. The summed E-state index contributed by atoms with van der Waals surface area (Å²) in [6.07, 6.45) is 0. The Balaban J connectivity index is 2.12. The van der Waals surface area contributed by atoms with Crippen molar-refractivity contribution in [2.24, 2.45) is 0 Å². The van der Waals surface area contributed by atoms with Crippen LogP contribution in [0.1, 0.15) is 20.4 Å². The van der Waals surface area contributed by atoms with Crippen molar-refractivity contribution in [3.05, 3.63) is 44.9 Å². The van der Waals surface area contributed by atoms with E-state index < -0.39 is 17.8 Å². The van der Waals surface area contributed by atoms with Gasteiger partial charge in [0.05, 0.1) is 19.9 Å². The normalized spacial score (nSPS) is 10.3. The molecule has 1 amide bonds. The number of aryl methyl sites for hydroxylation is 1. The van der Waals surface area contributed by atoms with Crippen molar-refractivity contribution in [3.8, 4) is 5.75 Å². The summed E-state index contributed by atoms with van der Waals surface area (Å²) in [6.45, 7) is 1.08. The number of hydrogen-bond donors (Lipinski definition) is 0. The summed E-state index contributed by atoms with van der Waals surface area (Å²) in [5.41, 5.74) is 0.476. The van der Waals surface area contributed by atoms with Crippen LogP contribution in [0.3, 0.4) is 0 Å². The van der Waals surface area contributed by atoms with Gasteiger partial charge in [0.1, 0.15) is 35.3 Å². The van der Waals surface area contributed by atoms with E-state index >= 15 is 0 Å². The molecule has 0 fully saturated rings. The first-order chi connectivity index (χ1) is 13.3. The summed E-state index contributed by atoms with van der Waals surface area (Å²) >= 11 is 6.97. The van der Waals surface area contributed by atoms with Crippen molar-refractivity contribution in [1.29, 1.82) is 0 Å². The fourth-order valence-corrected chi connectivity index (χ4v) is 3.24. The number of halogens is 1. The zero-order valence-corrected chi connectivity index (χ0v) is 17.1. The molecule has 0 spiro atoms. The quantitative estimate of drug-likeness (QED) is 0.598. The Bertz CT molecular complexity index is 834. The van der Waals surface area contributed by atoms with Gasteiger partial charge in [0.15, 0.2) is 0 Å². The molecule has 1 aromatic carbocycles. The van der Waals surface area contributed by atoms with Gasteiger partial charge in [-0.1, -0.05) is 11.6 Å². The molecule has 0 bridgehead atoms. The van der Waals surface area contributed by atoms with Crippen LogP contribution in [0.15, 0.2) is 24.3 Å². The van der Waals surface area contributed by atoms with Gasteiger partial charge in [-0.25, -0.2) is 4.98 Å². The molecule has 0 saturated heterocycles. The molecule has 150 valence electrons. The van der Waals surface area contributed by atoms with Crippen molar-refractivity contribution >= 4 is 40.8 Å². The highest BCUT2D eigenvalue weighted by Crippen LogP contribution is 2.23. The number of amides is 1. The third-order valence-corrected chi connectivity index (χ3v) is 4.96. The molecule has 0 unspecified atom stereocenters. The monoisotopic (exact) mass is 426 g/mol. The molecule has 28 heavy (non-hydrogen) atoms. The predicted octanol–water partition coefficient (Wildman–Crippen LogP) is 2.47. The number of ether oxygens (including phenoxy) is 3. The molecule has 8 nitrogen and oxygen atoms in total. The average molecular weight is 427 g/mol. The van der Waals surface area contributed by atoms with E-state index in [4.69, 9.17) is 16.3 Å². The van der Waals surface area contributed by atoms with Gasteiger partial charge < -0.3 is 19.1 Å². The van der Waals surface area contributed by atoms with Gasteiger partial charge in [-0.2, -0.15) is 0 Å². The largest absolute Gasteiger partial charge is 0.486 e. The van der Waals surface area contributed by atoms with Crippen LogP contribution < -0.4 is 4.74 Å². The molecule has 1 heterocycles. The Morgan fingerprint density at radius 1 is 1.07 bits per heavy atom. The summed E-state index contributed by atoms with van der Waals surface area (Å²) in [5.74, 6) is -1.19. The van der Waals surface area contributed by atoms with Gasteiger partial charge in [0.25, 0.3) is 5.91 Å². The molecule has 0 N–H and O–H groups in total. The molecular formula is C18H19ClN2O6S. The summed E-state index contributed by atoms with van der Waals surface area (Å²) in [4.78, 5) is 41.7. The molecular weight excluding hydrogens is 408 g/mol. The van der Waals surface area contributed by atoms with Crippen molar-refractivity contribution in [2.45, 2.75) is 13.5 Å². The second-order valence-electron chi connectivity index (χ2n) is 5.58. The Morgan fingerprint density at radius 3 is 2.18 bits per heavy atom. The van der Waals surface area contributed by atoms with E-state index in [2.05, 4.69) is 14.5 Å². The van der Waals surface area contributed by atoms with Crippen LogP contribution in [0.25, 0.3) is 0 Å². The number of benzene rings is 1. The zero-order chi connectivity index (χ0) is 20.7. The molecule has 0 aliphatic carbocycles. The SMILES string of the molecule is COC(=O)CN(CC(=O)OC)C(=O)c1sc(COc2ccc(Cl)cc2)nc1C. The number of methoxy groups -OCH3 is 2. The number of thiazole rings is 1. The lowest BCUT2D eigenvalue weighted by Crippen LogP contribution is -2.40. The number of esters is 2. The van der Waals surface area contributed by atoms with E-state index in [1.54, 1.807) is 31.2 Å². The summed E-state index contributed by atoms with van der Waals surface area (Å²) in [6, 6.07) is 6.86. The second-order valence-corrected chi connectivity index (χ2v) is 7.10. The van der Waals surface area contributed by atoms with Crippen LogP contribution in [-0.4, -0.2) is 55.0 Å². The Labute approximate surface area is 171 Å². The maximum Gasteiger partial charge on any atom is 0.325 e.